The number of hydrogen-bond donors (Lipinski definition) is 5. The van der Waals surface area contributed by atoms with E-state index in [-0.39, 0.29) is 30.3 Å². The summed E-state index contributed by atoms with van der Waals surface area (Å²) in [5.74, 6) is -1.99. The minimum atomic E-state index is -1.09. The summed E-state index contributed by atoms with van der Waals surface area (Å²) in [4.78, 5) is 78.7. The summed E-state index contributed by atoms with van der Waals surface area (Å²) < 4.78 is 5.34. The molecular weight excluding hydrogens is 568 g/mol. The maximum absolute atomic E-state index is 14.0. The van der Waals surface area contributed by atoms with Gasteiger partial charge in [-0.1, -0.05) is 53.9 Å². The molecule has 44 heavy (non-hydrogen) atoms. The van der Waals surface area contributed by atoms with Crippen LogP contribution in [0.25, 0.3) is 0 Å². The number of amides is 6. The molecule has 1 heterocycles. The minimum absolute atomic E-state index is 0.0283. The van der Waals surface area contributed by atoms with E-state index in [1.807, 2.05) is 34.6 Å². The van der Waals surface area contributed by atoms with Crippen molar-refractivity contribution >= 4 is 35.6 Å². The van der Waals surface area contributed by atoms with Gasteiger partial charge in [0.25, 0.3) is 5.91 Å². The van der Waals surface area contributed by atoms with Gasteiger partial charge in [-0.15, -0.1) is 0 Å². The van der Waals surface area contributed by atoms with E-state index in [2.05, 4.69) is 21.3 Å². The zero-order valence-corrected chi connectivity index (χ0v) is 26.6. The van der Waals surface area contributed by atoms with E-state index in [9.17, 15) is 28.8 Å². The number of urea groups is 1. The van der Waals surface area contributed by atoms with Crippen molar-refractivity contribution in [2.45, 2.75) is 104 Å². The Balaban J connectivity index is 1.39. The molecule has 1 aliphatic heterocycles. The third kappa shape index (κ3) is 8.62. The first-order valence-electron chi connectivity index (χ1n) is 16.1. The van der Waals surface area contributed by atoms with Crippen molar-refractivity contribution in [2.24, 2.45) is 40.7 Å². The molecule has 246 valence electrons. The monoisotopic (exact) mass is 618 g/mol. The van der Waals surface area contributed by atoms with E-state index in [1.54, 1.807) is 0 Å². The molecule has 0 aromatic carbocycles. The summed E-state index contributed by atoms with van der Waals surface area (Å²) in [5, 5.41) is 11.1. The molecule has 0 bridgehead atoms. The molecule has 13 nitrogen and oxygen atoms in total. The predicted molar refractivity (Wildman–Crippen MR) is 161 cm³/mol. The second-order valence-corrected chi connectivity index (χ2v) is 14.6. The lowest BCUT2D eigenvalue weighted by Crippen LogP contribution is -2.61. The Hall–Kier alpha value is -3.38. The Morgan fingerprint density at radius 2 is 1.64 bits per heavy atom. The fraction of sp³-hybridized carbons (Fsp3) is 0.806. The molecule has 6 amide bonds. The molecule has 0 aromatic heterocycles. The standard InChI is InChI=1S/C31H50N6O7/c1-16(2)22(15-44-30(43)33-13-18-9-10-18)35-29(42)36-25(31(3,4)5)28(41)37-14-19-12-20(19)23(37)27(40)34-21(24(38)26(32)39)11-17-7-6-8-17/h16-23,25H,6-15H2,1-5H3,(H2,32,39)(H,33,43)(H,34,40)(H2,35,36,42)/t19-,20-,21?,22+,23?,25?/m0/s1. The first kappa shape index (κ1) is 33.5. The number of primary amides is 1. The molecule has 1 saturated heterocycles. The molecule has 6 N–H and O–H groups in total. The fourth-order valence-corrected chi connectivity index (χ4v) is 6.07. The van der Waals surface area contributed by atoms with Crippen molar-refractivity contribution in [3.8, 4) is 0 Å². The van der Waals surface area contributed by atoms with Gasteiger partial charge < -0.3 is 36.6 Å². The number of Topliss-reactive ketones (excluding diaryl/α,β-unsaturated/α-hetero) is 1. The van der Waals surface area contributed by atoms with Crippen LogP contribution in [0.15, 0.2) is 0 Å². The second kappa shape index (κ2) is 13.7. The summed E-state index contributed by atoms with van der Waals surface area (Å²) in [7, 11) is 0. The number of likely N-dealkylation sites (tertiary alicyclic amines) is 1. The highest BCUT2D eigenvalue weighted by atomic mass is 16.5. The lowest BCUT2D eigenvalue weighted by molar-refractivity contribution is -0.144. The molecule has 4 rings (SSSR count). The van der Waals surface area contributed by atoms with Gasteiger partial charge in [0.2, 0.25) is 17.6 Å². The highest BCUT2D eigenvalue weighted by Gasteiger charge is 2.58. The van der Waals surface area contributed by atoms with Crippen molar-refractivity contribution in [1.82, 2.24) is 26.2 Å². The van der Waals surface area contributed by atoms with Gasteiger partial charge >= 0.3 is 12.1 Å². The Morgan fingerprint density at radius 3 is 2.18 bits per heavy atom. The Bertz CT molecular complexity index is 1130. The molecule has 0 spiro atoms. The number of alkyl carbamates (subject to hydrolysis) is 1. The number of fused-ring (bicyclic) bond motifs is 1. The third-order valence-electron chi connectivity index (χ3n) is 9.51. The van der Waals surface area contributed by atoms with E-state index in [0.29, 0.717) is 25.4 Å². The first-order valence-corrected chi connectivity index (χ1v) is 16.1. The van der Waals surface area contributed by atoms with Crippen LogP contribution < -0.4 is 27.0 Å². The van der Waals surface area contributed by atoms with Crippen LogP contribution in [-0.2, 0) is 23.9 Å². The van der Waals surface area contributed by atoms with Crippen LogP contribution in [0.1, 0.15) is 79.6 Å². The van der Waals surface area contributed by atoms with Crippen LogP contribution in [0.5, 0.6) is 0 Å². The minimum Gasteiger partial charge on any atom is -0.447 e. The van der Waals surface area contributed by atoms with E-state index in [0.717, 1.165) is 38.5 Å². The van der Waals surface area contributed by atoms with E-state index in [1.165, 1.54) is 4.90 Å². The number of carbonyl (C=O) groups is 6. The normalized spacial score (nSPS) is 24.7. The molecule has 3 saturated carbocycles. The Morgan fingerprint density at radius 1 is 0.955 bits per heavy atom. The van der Waals surface area contributed by atoms with Gasteiger partial charge in [0.15, 0.2) is 0 Å². The van der Waals surface area contributed by atoms with E-state index >= 15 is 0 Å². The average Bonchev–Trinajstić information content (AvgIpc) is 3.85. The summed E-state index contributed by atoms with van der Waals surface area (Å²) in [6.45, 7) is 10.2. The maximum atomic E-state index is 14.0. The van der Waals surface area contributed by atoms with Gasteiger partial charge in [-0.3, -0.25) is 19.2 Å². The van der Waals surface area contributed by atoms with Gasteiger partial charge in [0, 0.05) is 13.1 Å². The molecular formula is C31H50N6O7. The number of nitrogens with two attached hydrogens (primary N) is 1. The van der Waals surface area contributed by atoms with Crippen molar-refractivity contribution < 1.29 is 33.5 Å². The van der Waals surface area contributed by atoms with Gasteiger partial charge in [-0.05, 0) is 60.7 Å². The van der Waals surface area contributed by atoms with Gasteiger partial charge in [0.1, 0.15) is 18.7 Å². The zero-order valence-electron chi connectivity index (χ0n) is 26.6. The smallest absolute Gasteiger partial charge is 0.407 e. The number of carbonyl (C=O) groups excluding carboxylic acids is 6. The molecule has 3 unspecified atom stereocenters. The lowest BCUT2D eigenvalue weighted by atomic mass is 9.80. The number of hydrogen-bond acceptors (Lipinski definition) is 7. The predicted octanol–water partition coefficient (Wildman–Crippen LogP) is 1.44. The Kier molecular flexibility index (Phi) is 10.5. The lowest BCUT2D eigenvalue weighted by Gasteiger charge is -2.37. The molecule has 0 radical (unpaired) electrons. The van der Waals surface area contributed by atoms with Crippen molar-refractivity contribution in [2.75, 3.05) is 19.7 Å². The number of nitrogens with one attached hydrogen (secondary N) is 4. The maximum Gasteiger partial charge on any atom is 0.407 e. The van der Waals surface area contributed by atoms with Crippen LogP contribution >= 0.6 is 0 Å². The number of piperidine rings is 1. The van der Waals surface area contributed by atoms with Gasteiger partial charge in [-0.25, -0.2) is 9.59 Å². The van der Waals surface area contributed by atoms with E-state index < -0.39 is 65.2 Å². The fourth-order valence-electron chi connectivity index (χ4n) is 6.07. The summed E-state index contributed by atoms with van der Waals surface area (Å²) in [5.41, 5.74) is 4.58. The number of ether oxygens (including phenoxy) is 1. The number of rotatable bonds is 14. The molecule has 3 aliphatic carbocycles. The van der Waals surface area contributed by atoms with Crippen LogP contribution in [-0.4, -0.2) is 84.4 Å². The molecule has 4 aliphatic rings. The summed E-state index contributed by atoms with van der Waals surface area (Å²) >= 11 is 0. The van der Waals surface area contributed by atoms with E-state index in [4.69, 9.17) is 10.5 Å². The van der Waals surface area contributed by atoms with Crippen molar-refractivity contribution in [1.29, 1.82) is 0 Å². The highest BCUT2D eigenvalue weighted by Crippen LogP contribution is 2.50. The summed E-state index contributed by atoms with van der Waals surface area (Å²) in [6, 6.07) is -3.88. The largest absolute Gasteiger partial charge is 0.447 e. The van der Waals surface area contributed by atoms with Gasteiger partial charge in [-0.2, -0.15) is 0 Å². The van der Waals surface area contributed by atoms with Crippen molar-refractivity contribution in [3.05, 3.63) is 0 Å². The van der Waals surface area contributed by atoms with Crippen LogP contribution in [0.3, 0.4) is 0 Å². The third-order valence-corrected chi connectivity index (χ3v) is 9.51. The Labute approximate surface area is 259 Å². The van der Waals surface area contributed by atoms with Crippen LogP contribution in [0, 0.1) is 35.0 Å². The van der Waals surface area contributed by atoms with Crippen LogP contribution in [0.4, 0.5) is 9.59 Å². The topological polar surface area (TPSA) is 189 Å². The summed E-state index contributed by atoms with van der Waals surface area (Å²) in [6.07, 6.45) is 5.70. The second-order valence-electron chi connectivity index (χ2n) is 14.6. The van der Waals surface area contributed by atoms with Crippen LogP contribution in [0.2, 0.25) is 0 Å². The highest BCUT2D eigenvalue weighted by molar-refractivity contribution is 6.37. The zero-order chi connectivity index (χ0) is 32.3. The van der Waals surface area contributed by atoms with Gasteiger partial charge in [0.05, 0.1) is 12.1 Å². The number of ketones is 1. The number of nitrogens with zero attached hydrogens (tertiary/aromatic N) is 1. The molecule has 0 aromatic rings. The van der Waals surface area contributed by atoms with Crippen molar-refractivity contribution in [3.63, 3.8) is 0 Å². The molecule has 4 fully saturated rings. The first-order chi connectivity index (χ1) is 20.6. The molecule has 6 atom stereocenters. The SMILES string of the molecule is CC(C)[C@@H](COC(=O)NCC1CC1)NC(=O)NC(C(=O)N1C[C@@H]2C[C@@H]2C1C(=O)NC(CC1CCC1)C(=O)C(N)=O)C(C)(C)C. The average molecular weight is 619 g/mol. The quantitative estimate of drug-likeness (QED) is 0.182. The molecule has 13 heteroatoms.